The van der Waals surface area contributed by atoms with E-state index in [1.54, 1.807) is 31.0 Å². The standard InChI is InChI=1S/C12H10N.3C11H8N.C6H5.C5H5N.C5H8O2.3Ir/c1-10-7-8-13-12(9-10)11-5-3-2-4-6-11;3*1-2-6-10(7-3-1)11-8-4-5-9-12-11;2*1-2-4-6-5-3-1;1-4(6)3-5(2)7;;;/h2-5,7-9H,1H3;3*1-6,8-9H;2*1-5H;3,6H,1-2H3;;;/q5*-1;;;;;+3. The average Bonchev–Trinajstić information content (AvgIpc) is 3.42. The van der Waals surface area contributed by atoms with Crippen LogP contribution in [0, 0.1) is 37.3 Å². The molecule has 0 aliphatic carbocycles. The van der Waals surface area contributed by atoms with Crippen LogP contribution in [-0.4, -0.2) is 35.8 Å². The molecule has 10 rings (SSSR count). The third-order valence-corrected chi connectivity index (χ3v) is 8.44. The van der Waals surface area contributed by atoms with Crippen LogP contribution >= 0.6 is 0 Å². The molecule has 2 radical (unpaired) electrons. The summed E-state index contributed by atoms with van der Waals surface area (Å²) in [5.41, 5.74) is 9.29. The number of allylic oxidation sites excluding steroid dienone is 2. The van der Waals surface area contributed by atoms with Crippen LogP contribution in [0.2, 0.25) is 0 Å². The first-order valence-corrected chi connectivity index (χ1v) is 21.6. The van der Waals surface area contributed by atoms with Gasteiger partial charge in [-0.25, -0.2) is 0 Å². The second kappa shape index (κ2) is 39.8. The molecule has 5 aromatic carbocycles. The van der Waals surface area contributed by atoms with Crippen molar-refractivity contribution in [2.45, 2.75) is 20.8 Å². The number of nitrogens with zero attached hydrogens (tertiary/aromatic N) is 5. The van der Waals surface area contributed by atoms with E-state index in [2.05, 4.69) is 68.2 Å². The van der Waals surface area contributed by atoms with E-state index in [1.165, 1.54) is 25.5 Å². The molecule has 0 amide bonds. The number of rotatable bonds is 5. The quantitative estimate of drug-likeness (QED) is 0.104. The fraction of sp³-hybridized carbons (Fsp3) is 0.0492. The second-order valence-electron chi connectivity index (χ2n) is 14.0. The van der Waals surface area contributed by atoms with E-state index in [0.29, 0.717) is 0 Å². The molecule has 5 aromatic heterocycles. The van der Waals surface area contributed by atoms with Crippen molar-refractivity contribution in [3.63, 3.8) is 0 Å². The molecule has 10 heteroatoms. The summed E-state index contributed by atoms with van der Waals surface area (Å²) in [6.45, 7) is 4.91. The van der Waals surface area contributed by atoms with Crippen LogP contribution < -0.4 is 0 Å². The van der Waals surface area contributed by atoms with Crippen molar-refractivity contribution in [1.82, 2.24) is 24.9 Å². The Labute approximate surface area is 460 Å². The van der Waals surface area contributed by atoms with Crippen LogP contribution in [-0.2, 0) is 65.1 Å². The number of pyridine rings is 5. The summed E-state index contributed by atoms with van der Waals surface area (Å²) in [6, 6.07) is 83.7. The van der Waals surface area contributed by atoms with Gasteiger partial charge >= 0.3 is 20.1 Å². The summed E-state index contributed by atoms with van der Waals surface area (Å²) in [5, 5.41) is 8.36. The molecule has 0 aliphatic rings. The van der Waals surface area contributed by atoms with Crippen LogP contribution in [0.5, 0.6) is 0 Å². The molecule has 0 spiro atoms. The van der Waals surface area contributed by atoms with Crippen LogP contribution in [0.15, 0.2) is 261 Å². The molecule has 0 bridgehead atoms. The van der Waals surface area contributed by atoms with Crippen LogP contribution in [0.25, 0.3) is 45.0 Å². The summed E-state index contributed by atoms with van der Waals surface area (Å²) < 4.78 is 0. The first-order chi connectivity index (χ1) is 33.4. The Kier molecular flexibility index (Phi) is 34.8. The van der Waals surface area contributed by atoms with Crippen LogP contribution in [0.1, 0.15) is 19.4 Å². The van der Waals surface area contributed by atoms with Crippen molar-refractivity contribution >= 4 is 5.78 Å². The first-order valence-electron chi connectivity index (χ1n) is 21.6. The number of aromatic nitrogens is 5. The largest absolute Gasteiger partial charge is 3.00 e. The van der Waals surface area contributed by atoms with Crippen molar-refractivity contribution in [2.75, 3.05) is 0 Å². The molecule has 0 unspecified atom stereocenters. The molecule has 5 heterocycles. The van der Waals surface area contributed by atoms with Gasteiger partial charge in [0.1, 0.15) is 0 Å². The maximum atomic E-state index is 10.0. The van der Waals surface area contributed by atoms with Crippen molar-refractivity contribution in [3.8, 4) is 45.0 Å². The number of carbonyl (C=O) groups excluding carboxylic acids is 1. The Morgan fingerprint density at radius 2 is 0.761 bits per heavy atom. The Morgan fingerprint density at radius 3 is 0.986 bits per heavy atom. The van der Waals surface area contributed by atoms with E-state index in [4.69, 9.17) is 5.11 Å². The van der Waals surface area contributed by atoms with Gasteiger partial charge in [-0.3, -0.25) is 9.78 Å². The minimum Gasteiger partial charge on any atom is -0.512 e. The number of aryl methyl sites for hydroxylation is 1. The van der Waals surface area contributed by atoms with Crippen LogP contribution in [0.4, 0.5) is 0 Å². The Balaban J connectivity index is 0.000000419. The number of aliphatic hydroxyl groups is 1. The summed E-state index contributed by atoms with van der Waals surface area (Å²) in [7, 11) is 0. The summed E-state index contributed by atoms with van der Waals surface area (Å²) in [4.78, 5) is 30.7. The number of hydrogen-bond donors (Lipinski definition) is 1. The molecular weight excluding hydrogens is 1410 g/mol. The van der Waals surface area contributed by atoms with Crippen molar-refractivity contribution in [1.29, 1.82) is 0 Å². The molecule has 0 saturated heterocycles. The molecule has 1 N–H and O–H groups in total. The summed E-state index contributed by atoms with van der Waals surface area (Å²) in [5.74, 6) is -0.0625. The van der Waals surface area contributed by atoms with Gasteiger partial charge in [-0.1, -0.05) is 54.1 Å². The molecule has 0 fully saturated rings. The maximum Gasteiger partial charge on any atom is 3.00 e. The van der Waals surface area contributed by atoms with Gasteiger partial charge in [-0.05, 0) is 79.9 Å². The minimum absolute atomic E-state index is 0. The maximum absolute atomic E-state index is 10.0. The summed E-state index contributed by atoms with van der Waals surface area (Å²) in [6.07, 6.45) is 11.9. The molecule has 362 valence electrons. The summed E-state index contributed by atoms with van der Waals surface area (Å²) >= 11 is 0. The first kappa shape index (κ1) is 62.0. The van der Waals surface area contributed by atoms with Gasteiger partial charge in [0.2, 0.25) is 0 Å². The number of aliphatic hydroxyl groups excluding tert-OH is 1. The smallest absolute Gasteiger partial charge is 0.512 e. The zero-order valence-corrected chi connectivity index (χ0v) is 46.5. The van der Waals surface area contributed by atoms with Gasteiger partial charge in [-0.15, -0.1) is 144 Å². The third-order valence-electron chi connectivity index (χ3n) is 8.44. The predicted octanol–water partition coefficient (Wildman–Crippen LogP) is 14.1. The molecule has 0 aliphatic heterocycles. The predicted molar refractivity (Wildman–Crippen MR) is 275 cm³/mol. The van der Waals surface area contributed by atoms with E-state index in [9.17, 15) is 4.79 Å². The monoisotopic (exact) mass is 1470 g/mol. The number of carbonyl (C=O) groups is 1. The molecule has 0 atom stereocenters. The van der Waals surface area contributed by atoms with Gasteiger partial charge in [0, 0.05) is 83.5 Å². The Bertz CT molecular complexity index is 2430. The Morgan fingerprint density at radius 1 is 0.423 bits per heavy atom. The van der Waals surface area contributed by atoms with Gasteiger partial charge < -0.3 is 25.0 Å². The van der Waals surface area contributed by atoms with Crippen molar-refractivity contribution in [3.05, 3.63) is 297 Å². The zero-order chi connectivity index (χ0) is 48.1. The van der Waals surface area contributed by atoms with Gasteiger partial charge in [0.15, 0.2) is 5.78 Å². The van der Waals surface area contributed by atoms with E-state index in [-0.39, 0.29) is 71.9 Å². The van der Waals surface area contributed by atoms with Crippen molar-refractivity contribution in [2.24, 2.45) is 0 Å². The zero-order valence-electron chi connectivity index (χ0n) is 39.3. The molecule has 7 nitrogen and oxygen atoms in total. The third kappa shape index (κ3) is 28.3. The minimum atomic E-state index is -0.125. The van der Waals surface area contributed by atoms with Gasteiger partial charge in [0.05, 0.1) is 5.76 Å². The second-order valence-corrected chi connectivity index (χ2v) is 14.0. The number of benzene rings is 5. The number of hydrogen-bond acceptors (Lipinski definition) is 7. The fourth-order valence-corrected chi connectivity index (χ4v) is 5.41. The van der Waals surface area contributed by atoms with E-state index < -0.39 is 0 Å². The topological polar surface area (TPSA) is 102 Å². The molecule has 71 heavy (non-hydrogen) atoms. The van der Waals surface area contributed by atoms with Gasteiger partial charge in [-0.2, -0.15) is 36.4 Å². The van der Waals surface area contributed by atoms with Crippen molar-refractivity contribution < 1.29 is 70.2 Å². The van der Waals surface area contributed by atoms with E-state index in [1.807, 2.05) is 212 Å². The normalized spacial score (nSPS) is 9.20. The molecular formula is C61H52Ir3N5O2-2. The SMILES string of the molecule is CC(=O)C=C(C)O.Cc1ccnc(-c2[c-]cccc2)c1.[Ir+3].[Ir].[Ir].[c-]1ccccc1.[c-]1ccccc1-c1ccccn1.[c-]1ccccc1-c1ccccn1.[c-]1ccccc1-c1ccccn1.c1ccncc1. The number of ketones is 1. The molecule has 0 saturated carbocycles. The average molecular weight is 1460 g/mol. The Hall–Kier alpha value is -6.99. The molecule has 10 aromatic rings. The van der Waals surface area contributed by atoms with E-state index >= 15 is 0 Å². The van der Waals surface area contributed by atoms with E-state index in [0.717, 1.165) is 45.0 Å². The van der Waals surface area contributed by atoms with Gasteiger partial charge in [0.25, 0.3) is 0 Å². The van der Waals surface area contributed by atoms with Crippen LogP contribution in [0.3, 0.4) is 0 Å². The fourth-order valence-electron chi connectivity index (χ4n) is 5.41.